The van der Waals surface area contributed by atoms with Crippen LogP contribution >= 0.6 is 0 Å². The number of azo groups is 4. The summed E-state index contributed by atoms with van der Waals surface area (Å²) in [6.07, 6.45) is 0. The maximum absolute atomic E-state index is 4.97. The van der Waals surface area contributed by atoms with Crippen LogP contribution in [0.3, 0.4) is 0 Å². The first-order valence-electron chi connectivity index (χ1n) is 16.0. The number of para-hydroxylation sites is 4. The summed E-state index contributed by atoms with van der Waals surface area (Å²) < 4.78 is 4.10. The van der Waals surface area contributed by atoms with Crippen molar-refractivity contribution in [2.75, 3.05) is 30.2 Å². The smallest absolute Gasteiger partial charge is 0.254 e. The van der Waals surface area contributed by atoms with E-state index in [4.69, 9.17) is 10.2 Å². The summed E-state index contributed by atoms with van der Waals surface area (Å²) in [5.74, 6) is 0. The van der Waals surface area contributed by atoms with Gasteiger partial charge in [0.2, 0.25) is 11.4 Å². The van der Waals surface area contributed by atoms with E-state index in [-0.39, 0.29) is 0 Å². The molecule has 0 aromatic heterocycles. The Morgan fingerprint density at radius 3 is 1.72 bits per heavy atom. The molecule has 0 spiro atoms. The van der Waals surface area contributed by atoms with Crippen LogP contribution in [0.1, 0.15) is 11.1 Å². The van der Waals surface area contributed by atoms with Crippen molar-refractivity contribution in [2.45, 2.75) is 13.8 Å². The highest BCUT2D eigenvalue weighted by atomic mass is 15.4. The van der Waals surface area contributed by atoms with Crippen LogP contribution in [0.4, 0.5) is 39.8 Å². The van der Waals surface area contributed by atoms with Crippen molar-refractivity contribution in [1.29, 1.82) is 0 Å². The molecule has 0 amide bonds. The molecule has 0 aliphatic carbocycles. The Hall–Kier alpha value is -5.88. The molecule has 47 heavy (non-hydrogen) atoms. The first-order chi connectivity index (χ1) is 23.0. The maximum Gasteiger partial charge on any atom is 0.254 e. The number of nitrogens with zero attached hydrogens (tertiary/aromatic N) is 6. The lowest BCUT2D eigenvalue weighted by Gasteiger charge is -2.28. The number of hydrogen-bond acceptors (Lipinski definition) is 4. The summed E-state index contributed by atoms with van der Waals surface area (Å²) in [5.41, 5.74) is 12.7. The van der Waals surface area contributed by atoms with Gasteiger partial charge in [0, 0.05) is 52.8 Å². The van der Waals surface area contributed by atoms with Gasteiger partial charge in [-0.3, -0.25) is 4.90 Å². The molecule has 6 heteroatoms. The number of fused-ring (bicyclic) bond motifs is 2. The Labute approximate surface area is 276 Å². The zero-order chi connectivity index (χ0) is 32.2. The molecule has 0 unspecified atom stereocenters. The number of aryl methyl sites for hydroxylation is 2. The van der Waals surface area contributed by atoms with Gasteiger partial charge >= 0.3 is 0 Å². The van der Waals surface area contributed by atoms with Gasteiger partial charge in [-0.2, -0.15) is 0 Å². The van der Waals surface area contributed by atoms with Crippen LogP contribution in [0, 0.1) is 13.8 Å². The molecular formula is C41H38N6+2. The van der Waals surface area contributed by atoms with Crippen LogP contribution in [0.15, 0.2) is 162 Å². The largest absolute Gasteiger partial charge is 0.315 e. The standard InChI is InChI=1S/C25H20N3.C16H18N3/c1-4-11-20(12-5-1)23-17-10-18-24-25(23)27(21-13-6-2-7-14-21)19-28(26-24)22-15-8-3-9-16-22;1-12-9-13(2)16-15(10-12)17-19(11-18(16)3)14-7-5-4-6-8-14/h1-18H,19H2;4-10H,11H2,1-3H3/q2*+1. The van der Waals surface area contributed by atoms with Gasteiger partial charge in [0.15, 0.2) is 11.4 Å². The summed E-state index contributed by atoms with van der Waals surface area (Å²) >= 11 is 0. The van der Waals surface area contributed by atoms with Crippen molar-refractivity contribution in [1.82, 2.24) is 0 Å². The predicted octanol–water partition coefficient (Wildman–Crippen LogP) is 11.0. The highest BCUT2D eigenvalue weighted by molar-refractivity contribution is 5.90. The first kappa shape index (κ1) is 29.8. The number of hydrogen-bond donors (Lipinski definition) is 0. The Balaban J connectivity index is 0.000000161. The van der Waals surface area contributed by atoms with Gasteiger partial charge in [-0.1, -0.05) is 113 Å². The van der Waals surface area contributed by atoms with E-state index in [0.717, 1.165) is 40.8 Å². The molecule has 2 heterocycles. The van der Waals surface area contributed by atoms with E-state index < -0.39 is 0 Å². The molecule has 2 aliphatic heterocycles. The molecular weight excluding hydrogens is 576 g/mol. The van der Waals surface area contributed by atoms with Crippen molar-refractivity contribution in [3.05, 3.63) is 163 Å². The van der Waals surface area contributed by atoms with Gasteiger partial charge in [-0.05, 0) is 54.8 Å². The van der Waals surface area contributed by atoms with E-state index in [1.165, 1.54) is 27.9 Å². The molecule has 0 saturated carbocycles. The van der Waals surface area contributed by atoms with E-state index in [9.17, 15) is 0 Å². The molecule has 0 fully saturated rings. The molecule has 6 aromatic carbocycles. The minimum absolute atomic E-state index is 0.658. The fraction of sp³-hybridized carbons (Fsp3) is 0.122. The highest BCUT2D eigenvalue weighted by Crippen LogP contribution is 2.45. The molecule has 0 saturated heterocycles. The van der Waals surface area contributed by atoms with Gasteiger partial charge in [0.1, 0.15) is 0 Å². The second-order valence-electron chi connectivity index (χ2n) is 11.9. The molecule has 0 bridgehead atoms. The van der Waals surface area contributed by atoms with Crippen LogP contribution in [0.5, 0.6) is 0 Å². The zero-order valence-corrected chi connectivity index (χ0v) is 27.0. The van der Waals surface area contributed by atoms with Gasteiger partial charge in [0.25, 0.3) is 13.3 Å². The zero-order valence-electron chi connectivity index (χ0n) is 27.0. The summed E-state index contributed by atoms with van der Waals surface area (Å²) in [5, 5.41) is 9.75. The highest BCUT2D eigenvalue weighted by Gasteiger charge is 2.30. The average molecular weight is 615 g/mol. The summed E-state index contributed by atoms with van der Waals surface area (Å²) in [6, 6.07) is 52.4. The third-order valence-electron chi connectivity index (χ3n) is 8.43. The van der Waals surface area contributed by atoms with E-state index >= 15 is 0 Å². The van der Waals surface area contributed by atoms with E-state index in [0.29, 0.717) is 6.67 Å². The van der Waals surface area contributed by atoms with Crippen molar-refractivity contribution < 1.29 is 9.39 Å². The van der Waals surface area contributed by atoms with Gasteiger partial charge < -0.3 is 4.90 Å². The van der Waals surface area contributed by atoms with Crippen molar-refractivity contribution >= 4 is 39.8 Å². The second kappa shape index (κ2) is 13.2. The molecule has 0 atom stereocenters. The molecule has 0 N–H and O–H groups in total. The average Bonchev–Trinajstić information content (AvgIpc) is 3.12. The lowest BCUT2D eigenvalue weighted by molar-refractivity contribution is -0.509. The van der Waals surface area contributed by atoms with E-state index in [2.05, 4.69) is 151 Å². The molecule has 6 aromatic rings. The van der Waals surface area contributed by atoms with Crippen LogP contribution in [0.25, 0.3) is 11.1 Å². The van der Waals surface area contributed by atoms with Gasteiger partial charge in [-0.15, -0.1) is 0 Å². The lowest BCUT2D eigenvalue weighted by atomic mass is 10.0. The third-order valence-corrected chi connectivity index (χ3v) is 8.43. The summed E-state index contributed by atoms with van der Waals surface area (Å²) in [6.45, 7) is 5.70. The monoisotopic (exact) mass is 614 g/mol. The van der Waals surface area contributed by atoms with E-state index in [1.807, 2.05) is 41.1 Å². The Morgan fingerprint density at radius 1 is 0.532 bits per heavy atom. The van der Waals surface area contributed by atoms with Crippen LogP contribution in [0.2, 0.25) is 0 Å². The van der Waals surface area contributed by atoms with Crippen molar-refractivity contribution in [2.24, 2.45) is 10.2 Å². The van der Waals surface area contributed by atoms with Crippen LogP contribution in [-0.4, -0.2) is 29.8 Å². The number of benzene rings is 6. The van der Waals surface area contributed by atoms with Crippen molar-refractivity contribution in [3.63, 3.8) is 0 Å². The second-order valence-corrected chi connectivity index (χ2v) is 11.9. The molecule has 0 radical (unpaired) electrons. The Morgan fingerprint density at radius 2 is 1.09 bits per heavy atom. The quantitative estimate of drug-likeness (QED) is 0.185. The van der Waals surface area contributed by atoms with Crippen molar-refractivity contribution in [3.8, 4) is 11.1 Å². The van der Waals surface area contributed by atoms with Crippen LogP contribution in [-0.2, 0) is 0 Å². The fourth-order valence-corrected chi connectivity index (χ4v) is 6.35. The molecule has 8 rings (SSSR count). The molecule has 230 valence electrons. The minimum atomic E-state index is 0.658. The normalized spacial score (nSPS) is 13.4. The SMILES string of the molecule is Cc1cc(C)c2c(c1)N=[N+](c1ccccc1)CN2C.c1ccc(-c2cccc3c2N(c2ccccc2)C[N+](c2ccccc2)=N3)cc1. The number of rotatable bonds is 4. The fourth-order valence-electron chi connectivity index (χ4n) is 6.35. The summed E-state index contributed by atoms with van der Waals surface area (Å²) in [7, 11) is 2.12. The summed E-state index contributed by atoms with van der Waals surface area (Å²) in [4.78, 5) is 4.60. The van der Waals surface area contributed by atoms with Crippen LogP contribution < -0.4 is 9.80 Å². The lowest BCUT2D eigenvalue weighted by Crippen LogP contribution is -2.29. The van der Waals surface area contributed by atoms with E-state index in [1.54, 1.807) is 0 Å². The Kier molecular flexibility index (Phi) is 8.39. The number of anilines is 3. The molecule has 2 aliphatic rings. The third kappa shape index (κ3) is 6.31. The maximum atomic E-state index is 4.97. The predicted molar refractivity (Wildman–Crippen MR) is 191 cm³/mol. The van der Waals surface area contributed by atoms with Gasteiger partial charge in [0.05, 0.1) is 11.4 Å². The topological polar surface area (TPSA) is 37.2 Å². The Bertz CT molecular complexity index is 2060. The van der Waals surface area contributed by atoms with Gasteiger partial charge in [-0.25, -0.2) is 0 Å². The first-order valence-corrected chi connectivity index (χ1v) is 16.0. The molecule has 6 nitrogen and oxygen atoms in total. The minimum Gasteiger partial charge on any atom is -0.315 e.